The molecule has 0 spiro atoms. The molecule has 1 aromatic heterocycles. The second kappa shape index (κ2) is 7.76. The topological polar surface area (TPSA) is 38.1 Å². The van der Waals surface area contributed by atoms with E-state index in [1.165, 1.54) is 0 Å². The number of hydrogen-bond donors (Lipinski definition) is 0. The number of fused-ring (bicyclic) bond motifs is 1. The molecule has 1 unspecified atom stereocenters. The quantitative estimate of drug-likeness (QED) is 0.530. The van der Waals surface area contributed by atoms with E-state index in [9.17, 15) is 4.79 Å². The van der Waals surface area contributed by atoms with Crippen LogP contribution in [0.15, 0.2) is 42.5 Å². The third kappa shape index (κ3) is 3.51. The Bertz CT molecular complexity index is 1030. The van der Waals surface area contributed by atoms with Gasteiger partial charge in [-0.15, -0.1) is 0 Å². The van der Waals surface area contributed by atoms with E-state index >= 15 is 0 Å². The zero-order chi connectivity index (χ0) is 19.8. The first kappa shape index (κ1) is 19.3. The van der Waals surface area contributed by atoms with Crippen molar-refractivity contribution in [2.45, 2.75) is 38.6 Å². The third-order valence-electron chi connectivity index (χ3n) is 5.38. The summed E-state index contributed by atoms with van der Waals surface area (Å²) in [5.41, 5.74) is 2.74. The van der Waals surface area contributed by atoms with Gasteiger partial charge in [0, 0.05) is 30.6 Å². The second-order valence-electron chi connectivity index (χ2n) is 7.64. The Morgan fingerprint density at radius 3 is 2.68 bits per heavy atom. The van der Waals surface area contributed by atoms with Crippen LogP contribution in [0.3, 0.4) is 0 Å². The minimum atomic E-state index is -0.00419. The van der Waals surface area contributed by atoms with E-state index in [0.29, 0.717) is 28.2 Å². The monoisotopic (exact) mass is 415 g/mol. The van der Waals surface area contributed by atoms with E-state index in [-0.39, 0.29) is 11.8 Å². The first-order chi connectivity index (χ1) is 13.5. The summed E-state index contributed by atoms with van der Waals surface area (Å²) in [5.74, 6) is 1.29. The molecule has 1 fully saturated rings. The number of halogens is 2. The second-order valence-corrected chi connectivity index (χ2v) is 8.46. The van der Waals surface area contributed by atoms with Gasteiger partial charge < -0.3 is 9.47 Å². The summed E-state index contributed by atoms with van der Waals surface area (Å²) >= 11 is 12.1. The Morgan fingerprint density at radius 2 is 1.93 bits per heavy atom. The van der Waals surface area contributed by atoms with Crippen LogP contribution in [0.5, 0.6) is 0 Å². The molecular formula is C22H23Cl2N3O. The van der Waals surface area contributed by atoms with Crippen LogP contribution in [0.1, 0.15) is 54.8 Å². The van der Waals surface area contributed by atoms with Crippen molar-refractivity contribution in [2.75, 3.05) is 13.1 Å². The fraction of sp³-hybridized carbons (Fsp3) is 0.364. The van der Waals surface area contributed by atoms with Crippen molar-refractivity contribution in [3.05, 3.63) is 63.9 Å². The molecule has 1 saturated heterocycles. The molecule has 2 heterocycles. The highest BCUT2D eigenvalue weighted by Crippen LogP contribution is 2.32. The largest absolute Gasteiger partial charge is 0.338 e. The van der Waals surface area contributed by atoms with Crippen molar-refractivity contribution in [2.24, 2.45) is 0 Å². The molecule has 6 heteroatoms. The molecule has 3 aromatic rings. The summed E-state index contributed by atoms with van der Waals surface area (Å²) in [6, 6.07) is 13.6. The van der Waals surface area contributed by atoms with Crippen molar-refractivity contribution in [1.82, 2.24) is 14.5 Å². The van der Waals surface area contributed by atoms with Crippen LogP contribution < -0.4 is 0 Å². The molecule has 4 rings (SSSR count). The number of rotatable bonds is 3. The van der Waals surface area contributed by atoms with Crippen LogP contribution in [0.2, 0.25) is 10.0 Å². The molecule has 1 atom stereocenters. The predicted molar refractivity (Wildman–Crippen MR) is 114 cm³/mol. The summed E-state index contributed by atoms with van der Waals surface area (Å²) in [6.07, 6.45) is 1.99. The summed E-state index contributed by atoms with van der Waals surface area (Å²) in [5, 5.41) is 0.864. The zero-order valence-electron chi connectivity index (χ0n) is 16.0. The molecule has 146 valence electrons. The number of nitrogens with zero attached hydrogens (tertiary/aromatic N) is 3. The van der Waals surface area contributed by atoms with Crippen LogP contribution in [0, 0.1) is 0 Å². The Labute approximate surface area is 175 Å². The molecular weight excluding hydrogens is 393 g/mol. The van der Waals surface area contributed by atoms with Gasteiger partial charge in [0.25, 0.3) is 5.91 Å². The molecule has 28 heavy (non-hydrogen) atoms. The van der Waals surface area contributed by atoms with Crippen molar-refractivity contribution < 1.29 is 4.79 Å². The summed E-state index contributed by atoms with van der Waals surface area (Å²) in [7, 11) is 0. The lowest BCUT2D eigenvalue weighted by atomic mass is 9.96. The smallest absolute Gasteiger partial charge is 0.253 e. The minimum Gasteiger partial charge on any atom is -0.338 e. The SMILES string of the molecule is CC(C)n1c(C2CCCN(C(=O)c3ccc(Cl)c(Cl)c3)C2)nc2ccccc21. The molecule has 4 nitrogen and oxygen atoms in total. The number of imidazole rings is 1. The third-order valence-corrected chi connectivity index (χ3v) is 6.12. The van der Waals surface area contributed by atoms with Crippen molar-refractivity contribution in [3.63, 3.8) is 0 Å². The fourth-order valence-corrected chi connectivity index (χ4v) is 4.38. The average Bonchev–Trinajstić information content (AvgIpc) is 3.09. The maximum absolute atomic E-state index is 13.0. The average molecular weight is 416 g/mol. The number of carbonyl (C=O) groups is 1. The van der Waals surface area contributed by atoms with E-state index in [1.54, 1.807) is 18.2 Å². The summed E-state index contributed by atoms with van der Waals surface area (Å²) in [4.78, 5) is 19.9. The minimum absolute atomic E-state index is 0.00419. The number of carbonyl (C=O) groups excluding carboxylic acids is 1. The molecule has 1 aliphatic heterocycles. The molecule has 0 saturated carbocycles. The van der Waals surface area contributed by atoms with Crippen molar-refractivity contribution in [1.29, 1.82) is 0 Å². The van der Waals surface area contributed by atoms with E-state index in [2.05, 4.69) is 30.5 Å². The normalized spacial score (nSPS) is 17.5. The van der Waals surface area contributed by atoms with E-state index in [0.717, 1.165) is 36.2 Å². The lowest BCUT2D eigenvalue weighted by molar-refractivity contribution is 0.0703. The van der Waals surface area contributed by atoms with E-state index in [1.807, 2.05) is 17.0 Å². The molecule has 1 amide bonds. The van der Waals surface area contributed by atoms with Crippen molar-refractivity contribution in [3.8, 4) is 0 Å². The number of piperidine rings is 1. The highest BCUT2D eigenvalue weighted by atomic mass is 35.5. The van der Waals surface area contributed by atoms with Gasteiger partial charge in [0.2, 0.25) is 0 Å². The summed E-state index contributed by atoms with van der Waals surface area (Å²) in [6.45, 7) is 5.77. The molecule has 0 radical (unpaired) electrons. The van der Waals surface area contributed by atoms with E-state index in [4.69, 9.17) is 28.2 Å². The van der Waals surface area contributed by atoms with Crippen molar-refractivity contribution >= 4 is 40.1 Å². The first-order valence-electron chi connectivity index (χ1n) is 9.67. The van der Waals surface area contributed by atoms with Gasteiger partial charge in [-0.2, -0.15) is 0 Å². The number of amides is 1. The highest BCUT2D eigenvalue weighted by molar-refractivity contribution is 6.42. The Balaban J connectivity index is 1.64. The number of likely N-dealkylation sites (tertiary alicyclic amines) is 1. The van der Waals surface area contributed by atoms with Crippen LogP contribution in [0.4, 0.5) is 0 Å². The first-order valence-corrected chi connectivity index (χ1v) is 10.4. The number of aromatic nitrogens is 2. The number of para-hydroxylation sites is 2. The van der Waals surface area contributed by atoms with Gasteiger partial charge in [-0.3, -0.25) is 4.79 Å². The zero-order valence-corrected chi connectivity index (χ0v) is 17.5. The molecule has 1 aliphatic rings. The Hall–Kier alpha value is -2.04. The molecule has 0 bridgehead atoms. The van der Waals surface area contributed by atoms with Gasteiger partial charge in [-0.25, -0.2) is 4.98 Å². The lowest BCUT2D eigenvalue weighted by Crippen LogP contribution is -2.39. The van der Waals surface area contributed by atoms with Gasteiger partial charge in [0.15, 0.2) is 0 Å². The lowest BCUT2D eigenvalue weighted by Gasteiger charge is -2.33. The van der Waals surface area contributed by atoms with Gasteiger partial charge in [-0.05, 0) is 57.0 Å². The summed E-state index contributed by atoms with van der Waals surface area (Å²) < 4.78 is 2.31. The van der Waals surface area contributed by atoms with Crippen LogP contribution in [0.25, 0.3) is 11.0 Å². The van der Waals surface area contributed by atoms with Gasteiger partial charge in [0.1, 0.15) is 5.82 Å². The Kier molecular flexibility index (Phi) is 5.35. The maximum Gasteiger partial charge on any atom is 0.253 e. The standard InChI is InChI=1S/C22H23Cl2N3O/c1-14(2)27-20-8-4-3-7-19(20)25-21(27)16-6-5-11-26(13-16)22(28)15-9-10-17(23)18(24)12-15/h3-4,7-10,12,14,16H,5-6,11,13H2,1-2H3. The molecule has 2 aromatic carbocycles. The molecule has 0 N–H and O–H groups in total. The Morgan fingerprint density at radius 1 is 1.14 bits per heavy atom. The predicted octanol–water partition coefficient (Wildman–Crippen LogP) is 5.94. The molecule has 0 aliphatic carbocycles. The maximum atomic E-state index is 13.0. The van der Waals surface area contributed by atoms with Crippen LogP contribution in [-0.2, 0) is 0 Å². The van der Waals surface area contributed by atoms with Crippen LogP contribution in [-0.4, -0.2) is 33.4 Å². The van der Waals surface area contributed by atoms with Gasteiger partial charge >= 0.3 is 0 Å². The van der Waals surface area contributed by atoms with Gasteiger partial charge in [-0.1, -0.05) is 35.3 Å². The van der Waals surface area contributed by atoms with Gasteiger partial charge in [0.05, 0.1) is 21.1 Å². The fourth-order valence-electron chi connectivity index (χ4n) is 4.08. The number of hydrogen-bond acceptors (Lipinski definition) is 2. The van der Waals surface area contributed by atoms with Crippen LogP contribution >= 0.6 is 23.2 Å². The highest BCUT2D eigenvalue weighted by Gasteiger charge is 2.29. The van der Waals surface area contributed by atoms with E-state index < -0.39 is 0 Å². The number of benzene rings is 2.